The van der Waals surface area contributed by atoms with E-state index >= 15 is 0 Å². The van der Waals surface area contributed by atoms with E-state index in [4.69, 9.17) is 4.74 Å². The molecule has 1 aromatic rings. The highest BCUT2D eigenvalue weighted by Crippen LogP contribution is 2.26. The van der Waals surface area contributed by atoms with Crippen LogP contribution in [0.3, 0.4) is 0 Å². The molecule has 0 bridgehead atoms. The Morgan fingerprint density at radius 3 is 2.44 bits per heavy atom. The van der Waals surface area contributed by atoms with Crippen molar-refractivity contribution in [2.75, 3.05) is 19.5 Å². The molecule has 1 atom stereocenters. The summed E-state index contributed by atoms with van der Waals surface area (Å²) in [6, 6.07) is 2.00. The Labute approximate surface area is 110 Å². The second-order valence-electron chi connectivity index (χ2n) is 5.51. The van der Waals surface area contributed by atoms with Gasteiger partial charge in [0.1, 0.15) is 11.9 Å². The number of nitrogens with zero attached hydrogens (tertiary/aromatic N) is 2. The summed E-state index contributed by atoms with van der Waals surface area (Å²) in [5, 5.41) is 3.09. The van der Waals surface area contributed by atoms with Gasteiger partial charge >= 0.3 is 0 Å². The average Bonchev–Trinajstić information content (AvgIpc) is 2.34. The Bertz CT molecular complexity index is 385. The molecule has 102 valence electrons. The van der Waals surface area contributed by atoms with E-state index in [1.807, 2.05) is 13.1 Å². The fourth-order valence-corrected chi connectivity index (χ4v) is 1.74. The molecule has 0 amide bonds. The first-order chi connectivity index (χ1) is 8.42. The smallest absolute Gasteiger partial charge is 0.159 e. The van der Waals surface area contributed by atoms with Crippen molar-refractivity contribution in [1.29, 1.82) is 0 Å². The highest BCUT2D eigenvalue weighted by atomic mass is 16.5. The predicted molar refractivity (Wildman–Crippen MR) is 74.9 cm³/mol. The van der Waals surface area contributed by atoms with Gasteiger partial charge < -0.3 is 10.1 Å². The van der Waals surface area contributed by atoms with Crippen LogP contribution in [0.5, 0.6) is 0 Å². The maximum atomic E-state index is 5.49. The van der Waals surface area contributed by atoms with E-state index in [2.05, 4.69) is 43.0 Å². The minimum atomic E-state index is -0.0237. The lowest BCUT2D eigenvalue weighted by Gasteiger charge is -2.21. The number of rotatable bonds is 5. The Morgan fingerprint density at radius 1 is 1.33 bits per heavy atom. The van der Waals surface area contributed by atoms with Crippen molar-refractivity contribution in [3.05, 3.63) is 17.6 Å². The molecule has 0 aromatic carbocycles. The lowest BCUT2D eigenvalue weighted by Crippen LogP contribution is -2.18. The molecule has 1 rings (SSSR count). The summed E-state index contributed by atoms with van der Waals surface area (Å²) < 4.78 is 5.49. The number of nitrogens with one attached hydrogen (secondary N) is 1. The Morgan fingerprint density at radius 2 is 2.00 bits per heavy atom. The minimum absolute atomic E-state index is 0.00773. The molecule has 0 radical (unpaired) electrons. The third kappa shape index (κ3) is 3.67. The van der Waals surface area contributed by atoms with Gasteiger partial charge in [0.2, 0.25) is 0 Å². The van der Waals surface area contributed by atoms with E-state index < -0.39 is 0 Å². The van der Waals surface area contributed by atoms with Crippen LogP contribution >= 0.6 is 0 Å². The van der Waals surface area contributed by atoms with Gasteiger partial charge in [0.15, 0.2) is 5.82 Å². The van der Waals surface area contributed by atoms with E-state index in [0.717, 1.165) is 30.2 Å². The van der Waals surface area contributed by atoms with Gasteiger partial charge in [-0.3, -0.25) is 0 Å². The molecule has 1 unspecified atom stereocenters. The topological polar surface area (TPSA) is 47.0 Å². The van der Waals surface area contributed by atoms with Crippen molar-refractivity contribution in [1.82, 2.24) is 9.97 Å². The van der Waals surface area contributed by atoms with E-state index in [9.17, 15) is 0 Å². The second kappa shape index (κ2) is 6.14. The summed E-state index contributed by atoms with van der Waals surface area (Å²) in [7, 11) is 3.59. The van der Waals surface area contributed by atoms with Crippen LogP contribution in [-0.2, 0) is 10.2 Å². The second-order valence-corrected chi connectivity index (χ2v) is 5.51. The van der Waals surface area contributed by atoms with Crippen molar-refractivity contribution >= 4 is 5.82 Å². The van der Waals surface area contributed by atoms with Gasteiger partial charge in [-0.25, -0.2) is 9.97 Å². The average molecular weight is 251 g/mol. The fourth-order valence-electron chi connectivity index (χ4n) is 1.74. The molecule has 0 aliphatic heterocycles. The summed E-state index contributed by atoms with van der Waals surface area (Å²) in [6.45, 7) is 8.60. The lowest BCUT2D eigenvalue weighted by molar-refractivity contribution is 0.0873. The van der Waals surface area contributed by atoms with Crippen molar-refractivity contribution in [2.24, 2.45) is 0 Å². The zero-order chi connectivity index (χ0) is 13.8. The van der Waals surface area contributed by atoms with Crippen LogP contribution in [0.15, 0.2) is 6.07 Å². The maximum absolute atomic E-state index is 5.49. The number of anilines is 1. The monoisotopic (exact) mass is 251 g/mol. The Hall–Kier alpha value is -1.16. The molecule has 0 saturated carbocycles. The molecule has 1 aromatic heterocycles. The molecule has 0 spiro atoms. The van der Waals surface area contributed by atoms with Crippen molar-refractivity contribution in [3.63, 3.8) is 0 Å². The SMILES string of the molecule is CCCC(OC)c1nc(NC)cc(C(C)(C)C)n1. The number of hydrogen-bond donors (Lipinski definition) is 1. The van der Waals surface area contributed by atoms with Crippen LogP contribution in [0.4, 0.5) is 5.82 Å². The van der Waals surface area contributed by atoms with Gasteiger partial charge in [-0.2, -0.15) is 0 Å². The number of hydrogen-bond acceptors (Lipinski definition) is 4. The summed E-state index contributed by atoms with van der Waals surface area (Å²) in [4.78, 5) is 9.17. The molecular weight excluding hydrogens is 226 g/mol. The van der Waals surface area contributed by atoms with Crippen molar-refractivity contribution < 1.29 is 4.74 Å². The standard InChI is InChI=1S/C14H25N3O/c1-7-8-10(18-6)13-16-11(14(2,3)4)9-12(15-5)17-13/h9-10H,7-8H2,1-6H3,(H,15,16,17). The third-order valence-electron chi connectivity index (χ3n) is 2.89. The molecule has 4 nitrogen and oxygen atoms in total. The molecule has 0 aliphatic carbocycles. The normalized spacial score (nSPS) is 13.4. The summed E-state index contributed by atoms with van der Waals surface area (Å²) in [6.07, 6.45) is 1.97. The van der Waals surface area contributed by atoms with Gasteiger partial charge in [-0.05, 0) is 6.42 Å². The number of methoxy groups -OCH3 is 1. The molecule has 0 saturated heterocycles. The molecule has 0 fully saturated rings. The van der Waals surface area contributed by atoms with Crippen LogP contribution in [0, 0.1) is 0 Å². The highest BCUT2D eigenvalue weighted by molar-refractivity contribution is 5.37. The maximum Gasteiger partial charge on any atom is 0.159 e. The summed E-state index contributed by atoms with van der Waals surface area (Å²) >= 11 is 0. The molecular formula is C14H25N3O. The van der Waals surface area contributed by atoms with Gasteiger partial charge in [0.05, 0.1) is 5.69 Å². The van der Waals surface area contributed by atoms with Crippen LogP contribution in [0.2, 0.25) is 0 Å². The minimum Gasteiger partial charge on any atom is -0.373 e. The van der Waals surface area contributed by atoms with E-state index in [-0.39, 0.29) is 11.5 Å². The van der Waals surface area contributed by atoms with Gasteiger partial charge in [0.25, 0.3) is 0 Å². The van der Waals surface area contributed by atoms with E-state index in [1.165, 1.54) is 0 Å². The van der Waals surface area contributed by atoms with Crippen molar-refractivity contribution in [3.8, 4) is 0 Å². The van der Waals surface area contributed by atoms with Crippen LogP contribution in [0.25, 0.3) is 0 Å². The fraction of sp³-hybridized carbons (Fsp3) is 0.714. The van der Waals surface area contributed by atoms with E-state index in [0.29, 0.717) is 0 Å². The van der Waals surface area contributed by atoms with Crippen LogP contribution in [-0.4, -0.2) is 24.1 Å². The van der Waals surface area contributed by atoms with Gasteiger partial charge in [0, 0.05) is 25.6 Å². The first kappa shape index (κ1) is 14.9. The first-order valence-corrected chi connectivity index (χ1v) is 6.52. The van der Waals surface area contributed by atoms with Gasteiger partial charge in [-0.1, -0.05) is 34.1 Å². The quantitative estimate of drug-likeness (QED) is 0.872. The number of ether oxygens (including phenoxy) is 1. The molecule has 1 heterocycles. The molecule has 1 N–H and O–H groups in total. The lowest BCUT2D eigenvalue weighted by atomic mass is 9.91. The third-order valence-corrected chi connectivity index (χ3v) is 2.89. The predicted octanol–water partition coefficient (Wildman–Crippen LogP) is 3.30. The van der Waals surface area contributed by atoms with E-state index in [1.54, 1.807) is 7.11 Å². The largest absolute Gasteiger partial charge is 0.373 e. The Balaban J connectivity index is 3.18. The zero-order valence-electron chi connectivity index (χ0n) is 12.4. The zero-order valence-corrected chi connectivity index (χ0v) is 12.4. The molecule has 18 heavy (non-hydrogen) atoms. The highest BCUT2D eigenvalue weighted by Gasteiger charge is 2.21. The van der Waals surface area contributed by atoms with Crippen LogP contribution in [0.1, 0.15) is 58.2 Å². The van der Waals surface area contributed by atoms with Crippen molar-refractivity contribution in [2.45, 2.75) is 52.1 Å². The van der Waals surface area contributed by atoms with Crippen LogP contribution < -0.4 is 5.32 Å². The molecule has 0 aliphatic rings. The summed E-state index contributed by atoms with van der Waals surface area (Å²) in [5.41, 5.74) is 1.04. The molecule has 4 heteroatoms. The summed E-state index contributed by atoms with van der Waals surface area (Å²) in [5.74, 6) is 1.62. The first-order valence-electron chi connectivity index (χ1n) is 6.52. The van der Waals surface area contributed by atoms with Gasteiger partial charge in [-0.15, -0.1) is 0 Å². The number of aromatic nitrogens is 2. The Kier molecular flexibility index (Phi) is 5.08.